The Bertz CT molecular complexity index is 681. The van der Waals surface area contributed by atoms with Gasteiger partial charge in [0.05, 0.1) is 5.01 Å². The third kappa shape index (κ3) is 5.92. The molecule has 4 nitrogen and oxygen atoms in total. The minimum absolute atomic E-state index is 0. The van der Waals surface area contributed by atoms with Gasteiger partial charge in [0.2, 0.25) is 0 Å². The summed E-state index contributed by atoms with van der Waals surface area (Å²) in [6.45, 7) is 4.00. The molecule has 2 atom stereocenters. The van der Waals surface area contributed by atoms with Crippen LogP contribution >= 0.6 is 36.2 Å². The Kier molecular flexibility index (Phi) is 8.79. The Labute approximate surface area is 163 Å². The number of halogens is 3. The van der Waals surface area contributed by atoms with E-state index in [1.807, 2.05) is 0 Å². The van der Waals surface area contributed by atoms with E-state index in [0.29, 0.717) is 18.0 Å². The van der Waals surface area contributed by atoms with Crippen molar-refractivity contribution in [3.05, 3.63) is 51.7 Å². The monoisotopic (exact) mass is 405 g/mol. The van der Waals surface area contributed by atoms with Crippen molar-refractivity contribution >= 4 is 42.1 Å². The number of rotatable bonds is 4. The minimum atomic E-state index is -0.246. The first-order valence-corrected chi connectivity index (χ1v) is 8.70. The number of nitrogens with one attached hydrogen (secondary N) is 2. The highest BCUT2D eigenvalue weighted by Gasteiger charge is 2.23. The van der Waals surface area contributed by atoms with Crippen LogP contribution in [0.25, 0.3) is 0 Å². The quantitative estimate of drug-likeness (QED) is 0.818. The fraction of sp³-hybridized carbons (Fsp3) is 0.412. The SMILES string of the molecule is CC1CNCCC1NC(=O)c1csc(Cc2ccc(F)cc2)n1.Cl.Cl. The molecule has 1 aromatic carbocycles. The van der Waals surface area contributed by atoms with Gasteiger partial charge in [-0.1, -0.05) is 19.1 Å². The molecule has 25 heavy (non-hydrogen) atoms. The average molecular weight is 406 g/mol. The second-order valence-corrected chi connectivity index (χ2v) is 6.92. The van der Waals surface area contributed by atoms with E-state index in [-0.39, 0.29) is 42.6 Å². The lowest BCUT2D eigenvalue weighted by Gasteiger charge is -2.29. The molecule has 1 aliphatic rings. The second-order valence-electron chi connectivity index (χ2n) is 5.98. The zero-order valence-corrected chi connectivity index (χ0v) is 16.3. The maximum absolute atomic E-state index is 12.9. The zero-order valence-electron chi connectivity index (χ0n) is 13.8. The van der Waals surface area contributed by atoms with Crippen molar-refractivity contribution in [3.8, 4) is 0 Å². The summed E-state index contributed by atoms with van der Waals surface area (Å²) in [5.74, 6) is 0.0689. The molecule has 2 unspecified atom stereocenters. The molecule has 1 aromatic heterocycles. The third-order valence-electron chi connectivity index (χ3n) is 4.15. The number of carbonyl (C=O) groups is 1. The summed E-state index contributed by atoms with van der Waals surface area (Å²) < 4.78 is 12.9. The van der Waals surface area contributed by atoms with Gasteiger partial charge < -0.3 is 10.6 Å². The van der Waals surface area contributed by atoms with Crippen LogP contribution < -0.4 is 10.6 Å². The summed E-state index contributed by atoms with van der Waals surface area (Å²) in [5.41, 5.74) is 1.46. The molecule has 0 radical (unpaired) electrons. The molecular weight excluding hydrogens is 384 g/mol. The summed E-state index contributed by atoms with van der Waals surface area (Å²) in [6, 6.07) is 6.57. The minimum Gasteiger partial charge on any atom is -0.348 e. The molecule has 2 heterocycles. The van der Waals surface area contributed by atoms with E-state index in [0.717, 1.165) is 30.1 Å². The highest BCUT2D eigenvalue weighted by Crippen LogP contribution is 2.16. The van der Waals surface area contributed by atoms with E-state index in [2.05, 4.69) is 22.5 Å². The van der Waals surface area contributed by atoms with Gasteiger partial charge in [0.25, 0.3) is 5.91 Å². The zero-order chi connectivity index (χ0) is 16.2. The van der Waals surface area contributed by atoms with Gasteiger partial charge in [-0.3, -0.25) is 4.79 Å². The Morgan fingerprint density at radius 1 is 1.36 bits per heavy atom. The van der Waals surface area contributed by atoms with Crippen LogP contribution in [-0.2, 0) is 6.42 Å². The van der Waals surface area contributed by atoms with E-state index in [1.54, 1.807) is 17.5 Å². The highest BCUT2D eigenvalue weighted by molar-refractivity contribution is 7.09. The molecule has 8 heteroatoms. The number of carbonyl (C=O) groups excluding carboxylic acids is 1. The van der Waals surface area contributed by atoms with Crippen molar-refractivity contribution in [3.63, 3.8) is 0 Å². The normalized spacial score (nSPS) is 19.4. The van der Waals surface area contributed by atoms with Crippen molar-refractivity contribution in [2.24, 2.45) is 5.92 Å². The second kappa shape index (κ2) is 10.1. The number of piperidine rings is 1. The first kappa shape index (κ1) is 21.8. The van der Waals surface area contributed by atoms with Crippen molar-refractivity contribution in [1.29, 1.82) is 0 Å². The molecule has 2 N–H and O–H groups in total. The topological polar surface area (TPSA) is 54.0 Å². The number of amides is 1. The summed E-state index contributed by atoms with van der Waals surface area (Å²) in [6.07, 6.45) is 1.56. The molecule has 0 aliphatic carbocycles. The van der Waals surface area contributed by atoms with E-state index < -0.39 is 0 Å². The molecule has 138 valence electrons. The Morgan fingerprint density at radius 3 is 2.76 bits per heavy atom. The van der Waals surface area contributed by atoms with E-state index in [1.165, 1.54) is 23.5 Å². The van der Waals surface area contributed by atoms with Crippen LogP contribution in [0.3, 0.4) is 0 Å². The maximum Gasteiger partial charge on any atom is 0.270 e. The largest absolute Gasteiger partial charge is 0.348 e. The average Bonchev–Trinajstić information content (AvgIpc) is 3.00. The lowest BCUT2D eigenvalue weighted by Crippen LogP contribution is -2.48. The number of hydrogen-bond donors (Lipinski definition) is 2. The maximum atomic E-state index is 12.9. The Balaban J connectivity index is 0.00000156. The molecule has 1 fully saturated rings. The van der Waals surface area contributed by atoms with Crippen LogP contribution in [0.5, 0.6) is 0 Å². The summed E-state index contributed by atoms with van der Waals surface area (Å²) in [7, 11) is 0. The first-order chi connectivity index (χ1) is 11.1. The van der Waals surface area contributed by atoms with Gasteiger partial charge in [-0.2, -0.15) is 0 Å². The summed E-state index contributed by atoms with van der Waals surface area (Å²) in [5, 5.41) is 9.06. The smallest absolute Gasteiger partial charge is 0.270 e. The lowest BCUT2D eigenvalue weighted by atomic mass is 9.95. The number of thiazole rings is 1. The van der Waals surface area contributed by atoms with Crippen LogP contribution in [0.1, 0.15) is 34.4 Å². The van der Waals surface area contributed by atoms with Crippen molar-refractivity contribution in [2.45, 2.75) is 25.8 Å². The number of hydrogen-bond acceptors (Lipinski definition) is 4. The number of nitrogens with zero attached hydrogens (tertiary/aromatic N) is 1. The van der Waals surface area contributed by atoms with Crippen LogP contribution in [-0.4, -0.2) is 30.0 Å². The van der Waals surface area contributed by atoms with Gasteiger partial charge in [-0.25, -0.2) is 9.37 Å². The molecule has 1 aliphatic heterocycles. The number of benzene rings is 1. The fourth-order valence-corrected chi connectivity index (χ4v) is 3.55. The summed E-state index contributed by atoms with van der Waals surface area (Å²) >= 11 is 1.46. The Hall–Kier alpha value is -1.21. The molecule has 0 spiro atoms. The lowest BCUT2D eigenvalue weighted by molar-refractivity contribution is 0.0909. The van der Waals surface area contributed by atoms with E-state index in [9.17, 15) is 9.18 Å². The first-order valence-electron chi connectivity index (χ1n) is 7.82. The fourth-order valence-electron chi connectivity index (χ4n) is 2.74. The molecule has 1 saturated heterocycles. The van der Waals surface area contributed by atoms with E-state index in [4.69, 9.17) is 0 Å². The predicted octanol–water partition coefficient (Wildman–Crippen LogP) is 3.44. The van der Waals surface area contributed by atoms with Crippen LogP contribution in [0.15, 0.2) is 29.6 Å². The van der Waals surface area contributed by atoms with Crippen LogP contribution in [0.4, 0.5) is 4.39 Å². The number of aromatic nitrogens is 1. The van der Waals surface area contributed by atoms with Gasteiger partial charge in [0, 0.05) is 17.8 Å². The molecule has 2 aromatic rings. The van der Waals surface area contributed by atoms with Gasteiger partial charge >= 0.3 is 0 Å². The van der Waals surface area contributed by atoms with Gasteiger partial charge in [0.15, 0.2) is 0 Å². The standard InChI is InChI=1S/C17H20FN3OS.2ClH/c1-11-9-19-7-6-14(11)21-17(22)15-10-23-16(20-15)8-12-2-4-13(18)5-3-12;;/h2-5,10-11,14,19H,6-9H2,1H3,(H,21,22);2*1H. The molecule has 3 rings (SSSR count). The summed E-state index contributed by atoms with van der Waals surface area (Å²) in [4.78, 5) is 16.7. The van der Waals surface area contributed by atoms with Crippen molar-refractivity contribution in [1.82, 2.24) is 15.6 Å². The molecule has 0 saturated carbocycles. The van der Waals surface area contributed by atoms with Crippen molar-refractivity contribution < 1.29 is 9.18 Å². The highest BCUT2D eigenvalue weighted by atomic mass is 35.5. The van der Waals surface area contributed by atoms with Crippen LogP contribution in [0, 0.1) is 11.7 Å². The van der Waals surface area contributed by atoms with Gasteiger partial charge in [0.1, 0.15) is 11.5 Å². The van der Waals surface area contributed by atoms with Gasteiger partial charge in [-0.15, -0.1) is 36.2 Å². The van der Waals surface area contributed by atoms with Crippen LogP contribution in [0.2, 0.25) is 0 Å². The molecule has 0 bridgehead atoms. The van der Waals surface area contributed by atoms with E-state index >= 15 is 0 Å². The van der Waals surface area contributed by atoms with Gasteiger partial charge in [-0.05, 0) is 43.1 Å². The predicted molar refractivity (Wildman–Crippen MR) is 104 cm³/mol. The Morgan fingerprint density at radius 2 is 2.08 bits per heavy atom. The molecule has 1 amide bonds. The third-order valence-corrected chi connectivity index (χ3v) is 5.00. The van der Waals surface area contributed by atoms with Crippen molar-refractivity contribution in [2.75, 3.05) is 13.1 Å². The molecular formula is C17H22Cl2FN3OS.